The maximum absolute atomic E-state index is 5.59. The van der Waals surface area contributed by atoms with Gasteiger partial charge in [-0.15, -0.1) is 0 Å². The molecule has 0 saturated carbocycles. The number of benzene rings is 2. The summed E-state index contributed by atoms with van der Waals surface area (Å²) in [7, 11) is 0. The van der Waals surface area contributed by atoms with E-state index in [9.17, 15) is 0 Å². The second-order valence-corrected chi connectivity index (χ2v) is 6.25. The van der Waals surface area contributed by atoms with Crippen LogP contribution < -0.4 is 20.1 Å². The van der Waals surface area contributed by atoms with Gasteiger partial charge in [-0.1, -0.05) is 12.1 Å². The van der Waals surface area contributed by atoms with Crippen molar-refractivity contribution in [2.45, 2.75) is 6.54 Å². The highest BCUT2D eigenvalue weighted by molar-refractivity contribution is 7.80. The molecule has 1 aromatic heterocycles. The minimum absolute atomic E-state index is 0.512. The summed E-state index contributed by atoms with van der Waals surface area (Å²) in [5.41, 5.74) is 2.91. The molecule has 2 aromatic carbocycles. The highest BCUT2D eigenvalue weighted by atomic mass is 32.1. The maximum Gasteiger partial charge on any atom is 0.175 e. The summed E-state index contributed by atoms with van der Waals surface area (Å²) in [5.74, 6) is 1.48. The van der Waals surface area contributed by atoms with E-state index in [1.165, 1.54) is 0 Å². The van der Waals surface area contributed by atoms with Crippen LogP contribution in [-0.4, -0.2) is 28.1 Å². The van der Waals surface area contributed by atoms with Crippen LogP contribution in [0.2, 0.25) is 0 Å². The fourth-order valence-corrected chi connectivity index (χ4v) is 2.98. The Morgan fingerprint density at radius 2 is 1.81 bits per heavy atom. The van der Waals surface area contributed by atoms with Gasteiger partial charge in [-0.05, 0) is 48.1 Å². The van der Waals surface area contributed by atoms with Crippen molar-refractivity contribution in [3.8, 4) is 11.5 Å². The Hall–Kier alpha value is -3.06. The average Bonchev–Trinajstić information content (AvgIpc) is 3.15. The first-order chi connectivity index (χ1) is 12.8. The summed E-state index contributed by atoms with van der Waals surface area (Å²) >= 11 is 5.42. The fraction of sp³-hybridized carbons (Fsp3) is 0.158. The first-order valence-electron chi connectivity index (χ1n) is 8.30. The lowest BCUT2D eigenvalue weighted by Crippen LogP contribution is -2.20. The van der Waals surface area contributed by atoms with Gasteiger partial charge in [-0.2, -0.15) is 5.10 Å². The van der Waals surface area contributed by atoms with Crippen LogP contribution in [0.3, 0.4) is 0 Å². The minimum Gasteiger partial charge on any atom is -0.486 e. The van der Waals surface area contributed by atoms with Crippen LogP contribution in [0.4, 0.5) is 11.4 Å². The second-order valence-electron chi connectivity index (χ2n) is 5.84. The van der Waals surface area contributed by atoms with Gasteiger partial charge in [0.1, 0.15) is 13.2 Å². The van der Waals surface area contributed by atoms with Gasteiger partial charge in [0.2, 0.25) is 0 Å². The van der Waals surface area contributed by atoms with Crippen molar-refractivity contribution < 1.29 is 9.47 Å². The van der Waals surface area contributed by atoms with Gasteiger partial charge in [-0.3, -0.25) is 4.68 Å². The fourth-order valence-electron chi connectivity index (χ4n) is 2.74. The second kappa shape index (κ2) is 7.45. The highest BCUT2D eigenvalue weighted by Crippen LogP contribution is 2.32. The minimum atomic E-state index is 0.512. The van der Waals surface area contributed by atoms with Gasteiger partial charge < -0.3 is 20.1 Å². The number of anilines is 2. The molecule has 1 aliphatic heterocycles. The van der Waals surface area contributed by atoms with Crippen LogP contribution in [0, 0.1) is 0 Å². The molecule has 4 rings (SSSR count). The lowest BCUT2D eigenvalue weighted by molar-refractivity contribution is 0.171. The first-order valence-corrected chi connectivity index (χ1v) is 8.71. The van der Waals surface area contributed by atoms with Crippen molar-refractivity contribution in [2.75, 3.05) is 23.8 Å². The van der Waals surface area contributed by atoms with E-state index < -0.39 is 0 Å². The van der Waals surface area contributed by atoms with Gasteiger partial charge in [0.05, 0.1) is 6.54 Å². The summed E-state index contributed by atoms with van der Waals surface area (Å²) in [6.07, 6.45) is 3.71. The van der Waals surface area contributed by atoms with Crippen molar-refractivity contribution in [1.82, 2.24) is 9.78 Å². The van der Waals surface area contributed by atoms with Gasteiger partial charge in [0, 0.05) is 29.8 Å². The van der Waals surface area contributed by atoms with E-state index in [0.717, 1.165) is 28.4 Å². The Kier molecular flexibility index (Phi) is 4.70. The van der Waals surface area contributed by atoms with E-state index in [4.69, 9.17) is 21.7 Å². The molecule has 132 valence electrons. The predicted molar refractivity (Wildman–Crippen MR) is 105 cm³/mol. The molecule has 3 aromatic rings. The third-order valence-corrected chi connectivity index (χ3v) is 4.09. The van der Waals surface area contributed by atoms with Crippen molar-refractivity contribution >= 4 is 28.7 Å². The number of nitrogens with zero attached hydrogens (tertiary/aromatic N) is 2. The van der Waals surface area contributed by atoms with Crippen molar-refractivity contribution in [1.29, 1.82) is 0 Å². The number of rotatable bonds is 4. The van der Waals surface area contributed by atoms with Crippen LogP contribution in [-0.2, 0) is 6.54 Å². The van der Waals surface area contributed by atoms with Gasteiger partial charge >= 0.3 is 0 Å². The molecule has 2 N–H and O–H groups in total. The normalized spacial score (nSPS) is 12.5. The topological polar surface area (TPSA) is 60.3 Å². The number of thiocarbonyl (C=S) groups is 1. The first kappa shape index (κ1) is 16.4. The lowest BCUT2D eigenvalue weighted by Gasteiger charge is -2.19. The van der Waals surface area contributed by atoms with Gasteiger partial charge in [-0.25, -0.2) is 0 Å². The van der Waals surface area contributed by atoms with Crippen molar-refractivity contribution in [3.63, 3.8) is 0 Å². The zero-order valence-corrected chi connectivity index (χ0v) is 14.8. The Morgan fingerprint density at radius 1 is 1.00 bits per heavy atom. The molecule has 0 saturated heterocycles. The van der Waals surface area contributed by atoms with Crippen molar-refractivity contribution in [2.24, 2.45) is 0 Å². The van der Waals surface area contributed by atoms with E-state index in [1.54, 1.807) is 6.20 Å². The lowest BCUT2D eigenvalue weighted by atomic mass is 10.2. The molecule has 0 amide bonds. The van der Waals surface area contributed by atoms with Crippen LogP contribution in [0.5, 0.6) is 11.5 Å². The number of hydrogen-bond donors (Lipinski definition) is 2. The molecule has 7 heteroatoms. The Balaban J connectivity index is 1.40. The Bertz CT molecular complexity index is 912. The monoisotopic (exact) mass is 366 g/mol. The maximum atomic E-state index is 5.59. The van der Waals surface area contributed by atoms with Gasteiger partial charge in [0.25, 0.3) is 0 Å². The molecule has 0 fully saturated rings. The summed E-state index contributed by atoms with van der Waals surface area (Å²) in [5, 5.41) is 11.1. The quantitative estimate of drug-likeness (QED) is 0.689. The van der Waals surface area contributed by atoms with Crippen LogP contribution >= 0.6 is 12.2 Å². The zero-order valence-electron chi connectivity index (χ0n) is 14.0. The van der Waals surface area contributed by atoms with E-state index in [1.807, 2.05) is 47.3 Å². The molecule has 6 nitrogen and oxygen atoms in total. The summed E-state index contributed by atoms with van der Waals surface area (Å²) in [4.78, 5) is 0. The Labute approximate surface area is 156 Å². The molecule has 0 radical (unpaired) electrons. The van der Waals surface area contributed by atoms with Crippen LogP contribution in [0.1, 0.15) is 5.56 Å². The van der Waals surface area contributed by atoms with Crippen molar-refractivity contribution in [3.05, 3.63) is 66.5 Å². The summed E-state index contributed by atoms with van der Waals surface area (Å²) in [6, 6.07) is 15.7. The molecular formula is C19H18N4O2S. The third kappa shape index (κ3) is 3.94. The molecule has 0 aliphatic carbocycles. The molecule has 0 atom stereocenters. The molecule has 0 bridgehead atoms. The van der Waals surface area contributed by atoms with E-state index >= 15 is 0 Å². The van der Waals surface area contributed by atoms with E-state index in [0.29, 0.717) is 24.9 Å². The number of hydrogen-bond acceptors (Lipinski definition) is 4. The molecule has 0 spiro atoms. The zero-order chi connectivity index (χ0) is 17.8. The largest absolute Gasteiger partial charge is 0.486 e. The predicted octanol–water partition coefficient (Wildman–Crippen LogP) is 3.51. The number of nitrogens with one attached hydrogen (secondary N) is 2. The van der Waals surface area contributed by atoms with Gasteiger partial charge in [0.15, 0.2) is 16.6 Å². The number of aromatic nitrogens is 2. The smallest absolute Gasteiger partial charge is 0.175 e. The van der Waals surface area contributed by atoms with Crippen LogP contribution in [0.15, 0.2) is 60.9 Å². The van der Waals surface area contributed by atoms with E-state index in [-0.39, 0.29) is 0 Å². The number of ether oxygens (including phenoxy) is 2. The summed E-state index contributed by atoms with van der Waals surface area (Å²) < 4.78 is 13.0. The molecule has 26 heavy (non-hydrogen) atoms. The van der Waals surface area contributed by atoms with Crippen LogP contribution in [0.25, 0.3) is 0 Å². The summed E-state index contributed by atoms with van der Waals surface area (Å²) in [6.45, 7) is 1.85. The molecule has 1 aliphatic rings. The van der Waals surface area contributed by atoms with E-state index in [2.05, 4.69) is 27.9 Å². The molecular weight excluding hydrogens is 348 g/mol. The number of fused-ring (bicyclic) bond motifs is 1. The average molecular weight is 366 g/mol. The third-order valence-electron chi connectivity index (χ3n) is 3.89. The Morgan fingerprint density at radius 3 is 2.62 bits per heavy atom. The molecule has 2 heterocycles. The highest BCUT2D eigenvalue weighted by Gasteiger charge is 2.12. The standard InChI is InChI=1S/C19H18N4O2S/c26-19(22-16-5-6-17-18(12-16)25-10-9-24-17)21-15-4-1-3-14(11-15)13-23-8-2-7-20-23/h1-8,11-12H,9-10,13H2,(H2,21,22,26). The molecule has 0 unspecified atom stereocenters. The SMILES string of the molecule is S=C(Nc1cccc(Cn2cccn2)c1)Nc1ccc2c(c1)OCCO2.